The molecule has 196 valence electrons. The number of allylic oxidation sites excluding steroid dienone is 4. The minimum absolute atomic E-state index is 0.127. The molecule has 0 spiro atoms. The first-order chi connectivity index (χ1) is 18.6. The van der Waals surface area contributed by atoms with Crippen LogP contribution in [0.15, 0.2) is 107 Å². The Hall–Kier alpha value is -3.50. The lowest BCUT2D eigenvalue weighted by atomic mass is 9.74. The Bertz CT molecular complexity index is 1730. The Labute approximate surface area is 238 Å². The monoisotopic (exact) mass is 579 g/mol. The van der Waals surface area contributed by atoms with Crippen LogP contribution in [0.25, 0.3) is 10.8 Å². The zero-order valence-electron chi connectivity index (χ0n) is 23.1. The Balaban J connectivity index is 1.41. The Kier molecular flexibility index (Phi) is 6.15. The fourth-order valence-corrected chi connectivity index (χ4v) is 7.08. The summed E-state index contributed by atoms with van der Waals surface area (Å²) in [6, 6.07) is 27.0. The van der Waals surface area contributed by atoms with Crippen molar-refractivity contribution in [3.8, 4) is 0 Å². The van der Waals surface area contributed by atoms with Crippen molar-refractivity contribution in [2.24, 2.45) is 0 Å². The fourth-order valence-electron chi connectivity index (χ4n) is 6.75. The van der Waals surface area contributed by atoms with E-state index in [1.807, 2.05) is 12.1 Å². The molecular formula is C35H33BrFN2+. The predicted molar refractivity (Wildman–Crippen MR) is 165 cm³/mol. The summed E-state index contributed by atoms with van der Waals surface area (Å²) in [5.41, 5.74) is 7.65. The van der Waals surface area contributed by atoms with Crippen LogP contribution < -0.4 is 4.90 Å². The smallest absolute Gasteiger partial charge is 0.209 e. The molecule has 0 fully saturated rings. The standard InChI is InChI=1S/C35H33BrFN2/c1-34(2)28-20-18-23-11-6-7-12-26(23)33(28)39(5)31(34)15-10-16-32-35(3,22-24-17-19-25(36)21-29(24)37)27-13-8-9-14-30(27)38(32)4/h6-21H,22H2,1-5H3/q+1. The zero-order valence-corrected chi connectivity index (χ0v) is 24.7. The van der Waals surface area contributed by atoms with E-state index in [1.54, 1.807) is 6.07 Å². The number of nitrogens with zero attached hydrogens (tertiary/aromatic N) is 2. The predicted octanol–water partition coefficient (Wildman–Crippen LogP) is 8.84. The lowest BCUT2D eigenvalue weighted by Gasteiger charge is -2.24. The van der Waals surface area contributed by atoms with Crippen molar-refractivity contribution in [2.45, 2.75) is 38.0 Å². The van der Waals surface area contributed by atoms with E-state index >= 15 is 4.39 Å². The minimum atomic E-state index is -0.370. The van der Waals surface area contributed by atoms with Gasteiger partial charge in [-0.25, -0.2) is 4.39 Å². The number of fused-ring (bicyclic) bond motifs is 4. The van der Waals surface area contributed by atoms with Crippen LogP contribution >= 0.6 is 15.9 Å². The van der Waals surface area contributed by atoms with Gasteiger partial charge in [-0.3, -0.25) is 0 Å². The first-order valence-corrected chi connectivity index (χ1v) is 14.2. The van der Waals surface area contributed by atoms with E-state index in [1.165, 1.54) is 39.0 Å². The average molecular weight is 581 g/mol. The van der Waals surface area contributed by atoms with Gasteiger partial charge in [0.2, 0.25) is 5.69 Å². The molecule has 0 aromatic heterocycles. The molecule has 6 rings (SSSR count). The van der Waals surface area contributed by atoms with Crippen molar-refractivity contribution in [3.63, 3.8) is 0 Å². The number of hydrogen-bond donors (Lipinski definition) is 0. The van der Waals surface area contributed by atoms with E-state index in [2.05, 4.69) is 139 Å². The molecular weight excluding hydrogens is 547 g/mol. The second-order valence-electron chi connectivity index (χ2n) is 11.5. The van der Waals surface area contributed by atoms with Gasteiger partial charge in [-0.05, 0) is 48.1 Å². The second-order valence-corrected chi connectivity index (χ2v) is 12.4. The maximum atomic E-state index is 15.0. The van der Waals surface area contributed by atoms with E-state index in [-0.39, 0.29) is 16.6 Å². The first kappa shape index (κ1) is 25.8. The summed E-state index contributed by atoms with van der Waals surface area (Å²) in [7, 11) is 4.28. The fraction of sp³-hybridized carbons (Fsp3) is 0.229. The Morgan fingerprint density at radius 3 is 2.46 bits per heavy atom. The van der Waals surface area contributed by atoms with Crippen molar-refractivity contribution < 1.29 is 8.97 Å². The molecule has 2 aliphatic rings. The molecule has 39 heavy (non-hydrogen) atoms. The van der Waals surface area contributed by atoms with E-state index < -0.39 is 0 Å². The van der Waals surface area contributed by atoms with Gasteiger partial charge in [0.05, 0.1) is 11.1 Å². The van der Waals surface area contributed by atoms with Gasteiger partial charge >= 0.3 is 0 Å². The van der Waals surface area contributed by atoms with E-state index in [4.69, 9.17) is 0 Å². The van der Waals surface area contributed by atoms with Crippen molar-refractivity contribution in [3.05, 3.63) is 130 Å². The van der Waals surface area contributed by atoms with Crippen LogP contribution in [0.4, 0.5) is 15.8 Å². The van der Waals surface area contributed by atoms with Crippen LogP contribution in [0.5, 0.6) is 0 Å². The normalized spacial score (nSPS) is 20.9. The van der Waals surface area contributed by atoms with Gasteiger partial charge in [0, 0.05) is 45.7 Å². The second kappa shape index (κ2) is 9.31. The zero-order chi connectivity index (χ0) is 27.5. The van der Waals surface area contributed by atoms with Gasteiger partial charge in [-0.2, -0.15) is 4.58 Å². The topological polar surface area (TPSA) is 6.25 Å². The molecule has 0 aliphatic carbocycles. The summed E-state index contributed by atoms with van der Waals surface area (Å²) in [6.07, 6.45) is 7.22. The molecule has 0 N–H and O–H groups in total. The summed E-state index contributed by atoms with van der Waals surface area (Å²) in [4.78, 5) is 2.34. The van der Waals surface area contributed by atoms with Crippen LogP contribution in [0.3, 0.4) is 0 Å². The molecule has 0 amide bonds. The highest BCUT2D eigenvalue weighted by Gasteiger charge is 2.47. The molecule has 4 aromatic rings. The van der Waals surface area contributed by atoms with Gasteiger partial charge < -0.3 is 4.90 Å². The Morgan fingerprint density at radius 1 is 0.923 bits per heavy atom. The molecule has 1 atom stereocenters. The maximum Gasteiger partial charge on any atom is 0.209 e. The van der Waals surface area contributed by atoms with Gasteiger partial charge in [-0.15, -0.1) is 0 Å². The van der Waals surface area contributed by atoms with Gasteiger partial charge in [0.1, 0.15) is 12.9 Å². The third-order valence-corrected chi connectivity index (χ3v) is 9.26. The van der Waals surface area contributed by atoms with Crippen LogP contribution in [0, 0.1) is 5.82 Å². The summed E-state index contributed by atoms with van der Waals surface area (Å²) < 4.78 is 18.0. The first-order valence-electron chi connectivity index (χ1n) is 13.4. The number of likely N-dealkylation sites (N-methyl/N-ethyl adjacent to an activating group) is 1. The molecule has 0 radical (unpaired) electrons. The highest BCUT2D eigenvalue weighted by Crippen LogP contribution is 2.50. The number of halogens is 2. The highest BCUT2D eigenvalue weighted by atomic mass is 79.9. The molecule has 0 bridgehead atoms. The third kappa shape index (κ3) is 4.00. The maximum absolute atomic E-state index is 15.0. The van der Waals surface area contributed by atoms with Crippen LogP contribution in [0.1, 0.15) is 37.5 Å². The van der Waals surface area contributed by atoms with Gasteiger partial charge in [0.15, 0.2) is 5.71 Å². The van der Waals surface area contributed by atoms with Crippen molar-refractivity contribution in [1.82, 2.24) is 0 Å². The number of anilines is 1. The molecule has 2 heterocycles. The lowest BCUT2D eigenvalue weighted by molar-refractivity contribution is -0.401. The molecule has 0 saturated heterocycles. The van der Waals surface area contributed by atoms with Crippen molar-refractivity contribution in [2.75, 3.05) is 19.0 Å². The molecule has 1 unspecified atom stereocenters. The quantitative estimate of drug-likeness (QED) is 0.219. The minimum Gasteiger partial charge on any atom is -0.347 e. The Morgan fingerprint density at radius 2 is 1.67 bits per heavy atom. The highest BCUT2D eigenvalue weighted by molar-refractivity contribution is 9.10. The third-order valence-electron chi connectivity index (χ3n) is 8.76. The largest absolute Gasteiger partial charge is 0.347 e. The van der Waals surface area contributed by atoms with Gasteiger partial charge in [0.25, 0.3) is 0 Å². The SMILES string of the molecule is CN1/C(=C/C=C/C2=[N+](C)c3ccccc3C2(C)Cc2ccc(Br)cc2F)C(C)(C)c2ccc3ccccc3c21. The number of rotatable bonds is 4. The van der Waals surface area contributed by atoms with Crippen LogP contribution in [-0.2, 0) is 17.3 Å². The van der Waals surface area contributed by atoms with Crippen LogP contribution in [0.2, 0.25) is 0 Å². The summed E-state index contributed by atoms with van der Waals surface area (Å²) >= 11 is 3.40. The van der Waals surface area contributed by atoms with E-state index in [0.29, 0.717) is 12.0 Å². The average Bonchev–Trinajstić information content (AvgIpc) is 3.25. The van der Waals surface area contributed by atoms with Crippen LogP contribution in [-0.4, -0.2) is 24.4 Å². The molecule has 2 aliphatic heterocycles. The molecule has 2 nitrogen and oxygen atoms in total. The lowest BCUT2D eigenvalue weighted by Crippen LogP contribution is -2.33. The molecule has 4 aromatic carbocycles. The summed E-state index contributed by atoms with van der Waals surface area (Å²) in [5.74, 6) is -0.178. The molecule has 4 heteroatoms. The summed E-state index contributed by atoms with van der Waals surface area (Å²) in [6.45, 7) is 6.83. The van der Waals surface area contributed by atoms with Crippen molar-refractivity contribution in [1.29, 1.82) is 0 Å². The van der Waals surface area contributed by atoms with Crippen molar-refractivity contribution >= 4 is 43.8 Å². The van der Waals surface area contributed by atoms with E-state index in [0.717, 1.165) is 10.2 Å². The number of para-hydroxylation sites is 1. The van der Waals surface area contributed by atoms with Gasteiger partial charge in [-0.1, -0.05) is 96.5 Å². The summed E-state index contributed by atoms with van der Waals surface area (Å²) in [5, 5.41) is 2.54. The number of hydrogen-bond acceptors (Lipinski definition) is 1. The molecule has 0 saturated carbocycles. The van der Waals surface area contributed by atoms with E-state index in [9.17, 15) is 0 Å². The number of benzene rings is 4.